The van der Waals surface area contributed by atoms with Gasteiger partial charge >= 0.3 is 0 Å². The Labute approximate surface area is 94.5 Å². The van der Waals surface area contributed by atoms with Crippen LogP contribution in [0.15, 0.2) is 4.42 Å². The first kappa shape index (κ1) is 12.2. The number of nitrogens with one attached hydrogen (secondary N) is 1. The van der Waals surface area contributed by atoms with Gasteiger partial charge in [0.1, 0.15) is 6.07 Å². The van der Waals surface area contributed by atoms with Crippen molar-refractivity contribution in [3.63, 3.8) is 0 Å². The summed E-state index contributed by atoms with van der Waals surface area (Å²) < 4.78 is 5.32. The number of hydrogen-bond acceptors (Lipinski definition) is 4. The lowest BCUT2D eigenvalue weighted by Gasteiger charge is -2.04. The average molecular weight is 221 g/mol. The lowest BCUT2D eigenvalue weighted by atomic mass is 10.2. The lowest BCUT2D eigenvalue weighted by molar-refractivity contribution is -0.119. The van der Waals surface area contributed by atoms with Gasteiger partial charge in [0.05, 0.1) is 0 Å². The first-order chi connectivity index (χ1) is 7.45. The maximum absolute atomic E-state index is 11.5. The second-order valence-corrected chi connectivity index (χ2v) is 4.14. The Morgan fingerprint density at radius 1 is 1.44 bits per heavy atom. The van der Waals surface area contributed by atoms with E-state index < -0.39 is 0 Å². The SMILES string of the molecule is CC(C)C(=O)Nc1oc(C(C)C)nc1C#N. The second-order valence-electron chi connectivity index (χ2n) is 4.14. The number of amides is 1. The van der Waals surface area contributed by atoms with Crippen LogP contribution in [-0.2, 0) is 4.79 Å². The summed E-state index contributed by atoms with van der Waals surface area (Å²) >= 11 is 0. The zero-order valence-electron chi connectivity index (χ0n) is 9.87. The van der Waals surface area contributed by atoms with Gasteiger partial charge in [-0.05, 0) is 0 Å². The van der Waals surface area contributed by atoms with Gasteiger partial charge in [-0.2, -0.15) is 5.26 Å². The third-order valence-electron chi connectivity index (χ3n) is 2.00. The summed E-state index contributed by atoms with van der Waals surface area (Å²) in [5.74, 6) is 0.319. The molecule has 1 aromatic rings. The predicted octanol–water partition coefficient (Wildman–Crippen LogP) is 2.26. The van der Waals surface area contributed by atoms with Crippen LogP contribution in [0, 0.1) is 17.2 Å². The Hall–Kier alpha value is -1.83. The smallest absolute Gasteiger partial charge is 0.238 e. The standard InChI is InChI=1S/C11H15N3O2/c1-6(2)9(15)14-11-8(5-12)13-10(16-11)7(3)4/h6-7H,1-4H3,(H,14,15). The van der Waals surface area contributed by atoms with Crippen molar-refractivity contribution in [3.05, 3.63) is 11.6 Å². The fraction of sp³-hybridized carbons (Fsp3) is 0.545. The van der Waals surface area contributed by atoms with E-state index in [2.05, 4.69) is 10.3 Å². The van der Waals surface area contributed by atoms with Crippen molar-refractivity contribution in [2.75, 3.05) is 5.32 Å². The van der Waals surface area contributed by atoms with Crippen molar-refractivity contribution in [2.24, 2.45) is 5.92 Å². The zero-order chi connectivity index (χ0) is 12.3. The molecule has 86 valence electrons. The van der Waals surface area contributed by atoms with Crippen LogP contribution >= 0.6 is 0 Å². The molecule has 1 aromatic heterocycles. The normalized spacial score (nSPS) is 10.6. The molecule has 0 bridgehead atoms. The molecule has 0 fully saturated rings. The minimum Gasteiger partial charge on any atom is -0.423 e. The number of rotatable bonds is 3. The fourth-order valence-electron chi connectivity index (χ4n) is 1.00. The summed E-state index contributed by atoms with van der Waals surface area (Å²) in [5.41, 5.74) is 0.123. The highest BCUT2D eigenvalue weighted by Gasteiger charge is 2.18. The molecule has 0 radical (unpaired) electrons. The van der Waals surface area contributed by atoms with Gasteiger partial charge in [0.25, 0.3) is 0 Å². The van der Waals surface area contributed by atoms with Crippen LogP contribution in [0.3, 0.4) is 0 Å². The van der Waals surface area contributed by atoms with Crippen LogP contribution in [0.5, 0.6) is 0 Å². The number of hydrogen-bond donors (Lipinski definition) is 1. The Morgan fingerprint density at radius 3 is 2.50 bits per heavy atom. The van der Waals surface area contributed by atoms with E-state index in [9.17, 15) is 4.79 Å². The van der Waals surface area contributed by atoms with E-state index >= 15 is 0 Å². The third-order valence-corrected chi connectivity index (χ3v) is 2.00. The summed E-state index contributed by atoms with van der Waals surface area (Å²) in [6.45, 7) is 7.34. The molecule has 5 nitrogen and oxygen atoms in total. The molecule has 0 spiro atoms. The largest absolute Gasteiger partial charge is 0.423 e. The molecule has 1 rings (SSSR count). The van der Waals surface area contributed by atoms with Crippen molar-refractivity contribution < 1.29 is 9.21 Å². The first-order valence-electron chi connectivity index (χ1n) is 5.17. The van der Waals surface area contributed by atoms with Gasteiger partial charge < -0.3 is 4.42 Å². The Bertz CT molecular complexity index is 427. The van der Waals surface area contributed by atoms with Gasteiger partial charge in [0, 0.05) is 11.8 Å². The van der Waals surface area contributed by atoms with Gasteiger partial charge in [-0.25, -0.2) is 4.98 Å². The van der Waals surface area contributed by atoms with E-state index in [-0.39, 0.29) is 29.3 Å². The van der Waals surface area contributed by atoms with Crippen LogP contribution in [0.25, 0.3) is 0 Å². The molecule has 0 atom stereocenters. The van der Waals surface area contributed by atoms with Gasteiger partial charge in [0.15, 0.2) is 0 Å². The number of anilines is 1. The van der Waals surface area contributed by atoms with Crippen molar-refractivity contribution in [2.45, 2.75) is 33.6 Å². The molecular weight excluding hydrogens is 206 g/mol. The van der Waals surface area contributed by atoms with Gasteiger partial charge in [0.2, 0.25) is 23.4 Å². The molecule has 0 aromatic carbocycles. The van der Waals surface area contributed by atoms with Crippen molar-refractivity contribution in [3.8, 4) is 6.07 Å². The maximum atomic E-state index is 11.5. The zero-order valence-corrected chi connectivity index (χ0v) is 9.87. The molecule has 0 aliphatic rings. The summed E-state index contributed by atoms with van der Waals surface area (Å²) in [5, 5.41) is 11.4. The monoisotopic (exact) mass is 221 g/mol. The van der Waals surface area contributed by atoms with E-state index in [1.165, 1.54) is 0 Å². The summed E-state index contributed by atoms with van der Waals surface area (Å²) in [7, 11) is 0. The Kier molecular flexibility index (Phi) is 3.67. The topological polar surface area (TPSA) is 78.9 Å². The minimum atomic E-state index is -0.192. The first-order valence-corrected chi connectivity index (χ1v) is 5.17. The summed E-state index contributed by atoms with van der Waals surface area (Å²) in [4.78, 5) is 15.4. The van der Waals surface area contributed by atoms with Crippen molar-refractivity contribution >= 4 is 11.8 Å². The molecule has 16 heavy (non-hydrogen) atoms. The van der Waals surface area contributed by atoms with E-state index in [0.29, 0.717) is 5.89 Å². The second kappa shape index (κ2) is 4.79. The predicted molar refractivity (Wildman–Crippen MR) is 58.8 cm³/mol. The third kappa shape index (κ3) is 2.60. The Balaban J connectivity index is 2.96. The molecule has 1 heterocycles. The maximum Gasteiger partial charge on any atom is 0.238 e. The summed E-state index contributed by atoms with van der Waals surface area (Å²) in [6.07, 6.45) is 0. The molecule has 0 unspecified atom stereocenters. The number of oxazole rings is 1. The number of aromatic nitrogens is 1. The summed E-state index contributed by atoms with van der Waals surface area (Å²) in [6, 6.07) is 1.90. The highest BCUT2D eigenvalue weighted by Crippen LogP contribution is 2.22. The van der Waals surface area contributed by atoms with Crippen LogP contribution < -0.4 is 5.32 Å². The average Bonchev–Trinajstić information content (AvgIpc) is 2.60. The van der Waals surface area contributed by atoms with Gasteiger partial charge in [-0.1, -0.05) is 27.7 Å². The highest BCUT2D eigenvalue weighted by molar-refractivity contribution is 5.91. The number of nitrogens with zero attached hydrogens (tertiary/aromatic N) is 2. The minimum absolute atomic E-state index is 0.0804. The van der Waals surface area contributed by atoms with Crippen molar-refractivity contribution in [1.82, 2.24) is 4.98 Å². The van der Waals surface area contributed by atoms with Crippen molar-refractivity contribution in [1.29, 1.82) is 5.26 Å². The molecule has 5 heteroatoms. The number of carbonyl (C=O) groups is 1. The van der Waals surface area contributed by atoms with Crippen LogP contribution in [0.4, 0.5) is 5.88 Å². The molecule has 0 aliphatic heterocycles. The number of carbonyl (C=O) groups excluding carboxylic acids is 1. The molecule has 1 N–H and O–H groups in total. The van der Waals surface area contributed by atoms with Crippen LogP contribution in [-0.4, -0.2) is 10.9 Å². The Morgan fingerprint density at radius 2 is 2.06 bits per heavy atom. The van der Waals surface area contributed by atoms with E-state index in [0.717, 1.165) is 0 Å². The highest BCUT2D eigenvalue weighted by atomic mass is 16.4. The van der Waals surface area contributed by atoms with Crippen LogP contribution in [0.1, 0.15) is 45.2 Å². The van der Waals surface area contributed by atoms with E-state index in [1.807, 2.05) is 19.9 Å². The number of nitriles is 1. The molecular formula is C11H15N3O2. The molecule has 0 saturated carbocycles. The fourth-order valence-corrected chi connectivity index (χ4v) is 1.00. The van der Waals surface area contributed by atoms with Gasteiger partial charge in [-0.15, -0.1) is 0 Å². The molecule has 1 amide bonds. The molecule has 0 saturated heterocycles. The van der Waals surface area contributed by atoms with Gasteiger partial charge in [-0.3, -0.25) is 10.1 Å². The molecule has 0 aliphatic carbocycles. The lowest BCUT2D eigenvalue weighted by Crippen LogP contribution is -2.17. The van der Waals surface area contributed by atoms with E-state index in [1.54, 1.807) is 13.8 Å². The van der Waals surface area contributed by atoms with Crippen LogP contribution in [0.2, 0.25) is 0 Å². The quantitative estimate of drug-likeness (QED) is 0.849. The van der Waals surface area contributed by atoms with E-state index in [4.69, 9.17) is 9.68 Å².